The van der Waals surface area contributed by atoms with E-state index in [4.69, 9.17) is 22.5 Å². The molecule has 7 N–H and O–H groups in total. The van der Waals surface area contributed by atoms with Crippen LogP contribution in [0.4, 0.5) is 91.4 Å². The Labute approximate surface area is 506 Å². The number of alkyl halides is 12. The fraction of sp³-hybridized carbons (Fsp3) is 0.106. The molecule has 16 nitrogen and oxygen atoms in total. The third-order valence-electron chi connectivity index (χ3n) is 8.76. The molecular formula is C47H34Br3ClF12N14O2S4+2. The van der Waals surface area contributed by atoms with Crippen LogP contribution >= 0.6 is 105 Å². The highest BCUT2D eigenvalue weighted by molar-refractivity contribution is 9.11. The first kappa shape index (κ1) is 66.9. The molecule has 0 aliphatic heterocycles. The number of thiazole rings is 4. The number of nitrogens with one attached hydrogen (secondary N) is 3. The van der Waals surface area contributed by atoms with Crippen molar-refractivity contribution in [2.24, 2.45) is 0 Å². The number of hydrogen-bond donors (Lipinski definition) is 6. The molecule has 83 heavy (non-hydrogen) atoms. The first-order chi connectivity index (χ1) is 38.9. The Morgan fingerprint density at radius 2 is 0.880 bits per heavy atom. The van der Waals surface area contributed by atoms with E-state index in [9.17, 15) is 57.9 Å². The smallest absolute Gasteiger partial charge is 0.384 e. The zero-order valence-electron chi connectivity index (χ0n) is 41.0. The summed E-state index contributed by atoms with van der Waals surface area (Å²) in [5.74, 6) is 0.182. The molecule has 0 spiro atoms. The molecule has 0 bridgehead atoms. The second-order valence-electron chi connectivity index (χ2n) is 15.1. The van der Waals surface area contributed by atoms with E-state index >= 15 is 0 Å². The summed E-state index contributed by atoms with van der Waals surface area (Å²) < 4.78 is 153. The number of aryl methyl sites for hydroxylation is 1. The van der Waals surface area contributed by atoms with Gasteiger partial charge in [0.25, 0.3) is 0 Å². The molecule has 10 aromatic heterocycles. The summed E-state index contributed by atoms with van der Waals surface area (Å²) in [4.78, 5) is 29.7. The van der Waals surface area contributed by atoms with Gasteiger partial charge in [-0.3, -0.25) is 10.4 Å². The topological polar surface area (TPSA) is 213 Å². The SMILES string of the molecule is Cc1csc(Nc2cccc(C(F)(F)F)n2)n1.Clc1nc(Br)cs1.FC(F)(F)c1cccc(Nc2nc(Br)cs2)n1.Nc1cccc(C(F)(F)F)n1.O[n+]1cccc(-c2csc(Nc3cccc(C(F)(F)F)n3)n2)c1.O[n+]1cccc(Br)c1. The lowest BCUT2D eigenvalue weighted by Gasteiger charge is -2.07. The average Bonchev–Trinajstić information content (AvgIpc) is 4.24. The lowest BCUT2D eigenvalue weighted by atomic mass is 10.2. The number of pyridine rings is 6. The van der Waals surface area contributed by atoms with Crippen LogP contribution in [0, 0.1) is 6.92 Å². The van der Waals surface area contributed by atoms with Gasteiger partial charge in [-0.15, -0.1) is 45.3 Å². The van der Waals surface area contributed by atoms with Gasteiger partial charge in [0.05, 0.1) is 21.4 Å². The Morgan fingerprint density at radius 1 is 0.470 bits per heavy atom. The third kappa shape index (κ3) is 24.1. The van der Waals surface area contributed by atoms with Crippen molar-refractivity contribution < 1.29 is 72.6 Å². The zero-order chi connectivity index (χ0) is 61.1. The molecule has 36 heteroatoms. The number of nitrogens with two attached hydrogens (primary N) is 1. The van der Waals surface area contributed by atoms with Crippen molar-refractivity contribution in [1.82, 2.24) is 39.9 Å². The molecule has 0 saturated carbocycles. The minimum Gasteiger partial charge on any atom is -0.384 e. The van der Waals surface area contributed by atoms with E-state index in [1.54, 1.807) is 53.7 Å². The van der Waals surface area contributed by atoms with E-state index in [2.05, 4.69) is 104 Å². The molecule has 0 fully saturated rings. The van der Waals surface area contributed by atoms with Gasteiger partial charge in [-0.2, -0.15) is 52.7 Å². The maximum atomic E-state index is 12.6. The third-order valence-corrected chi connectivity index (χ3v) is 14.0. The lowest BCUT2D eigenvalue weighted by molar-refractivity contribution is -0.905. The molecule has 0 saturated heterocycles. The Morgan fingerprint density at radius 3 is 1.23 bits per heavy atom. The minimum atomic E-state index is -4.50. The molecule has 0 amide bonds. The second-order valence-corrected chi connectivity index (χ2v) is 21.7. The summed E-state index contributed by atoms with van der Waals surface area (Å²) in [5.41, 5.74) is 3.34. The molecule has 438 valence electrons. The van der Waals surface area contributed by atoms with Crippen molar-refractivity contribution in [3.05, 3.63) is 190 Å². The zero-order valence-corrected chi connectivity index (χ0v) is 49.8. The minimum absolute atomic E-state index is 0.0611. The molecular weight excluding hydrogens is 1420 g/mol. The van der Waals surface area contributed by atoms with E-state index < -0.39 is 47.5 Å². The van der Waals surface area contributed by atoms with Gasteiger partial charge >= 0.3 is 24.7 Å². The summed E-state index contributed by atoms with van der Waals surface area (Å²) >= 11 is 20.1. The molecule has 0 aliphatic rings. The average molecular weight is 1460 g/mol. The van der Waals surface area contributed by atoms with Crippen LogP contribution in [0.25, 0.3) is 11.3 Å². The van der Waals surface area contributed by atoms with Crippen LogP contribution in [0.2, 0.25) is 4.47 Å². The van der Waals surface area contributed by atoms with Crippen LogP contribution in [0.5, 0.6) is 0 Å². The van der Waals surface area contributed by atoms with Crippen LogP contribution in [0.1, 0.15) is 28.5 Å². The highest BCUT2D eigenvalue weighted by Gasteiger charge is 2.35. The number of aromatic nitrogens is 10. The fourth-order valence-corrected chi connectivity index (χ4v) is 9.63. The predicted octanol–water partition coefficient (Wildman–Crippen LogP) is 16.4. The van der Waals surface area contributed by atoms with Crippen molar-refractivity contribution in [3.8, 4) is 11.3 Å². The lowest BCUT2D eigenvalue weighted by Crippen LogP contribution is -2.28. The quantitative estimate of drug-likeness (QED) is 0.0498. The van der Waals surface area contributed by atoms with Gasteiger partial charge in [0, 0.05) is 43.1 Å². The first-order valence-electron chi connectivity index (χ1n) is 22.0. The van der Waals surface area contributed by atoms with Crippen molar-refractivity contribution >= 4 is 143 Å². The maximum Gasteiger partial charge on any atom is 0.433 e. The number of nitrogen functional groups attached to an aromatic ring is 1. The van der Waals surface area contributed by atoms with Crippen molar-refractivity contribution in [3.63, 3.8) is 0 Å². The highest BCUT2D eigenvalue weighted by atomic mass is 79.9. The molecule has 10 aromatic rings. The molecule has 0 aromatic carbocycles. The predicted molar refractivity (Wildman–Crippen MR) is 299 cm³/mol. The summed E-state index contributed by atoms with van der Waals surface area (Å²) in [6, 6.07) is 21.3. The van der Waals surface area contributed by atoms with E-state index in [1.165, 1.54) is 106 Å². The van der Waals surface area contributed by atoms with Crippen LogP contribution in [0.3, 0.4) is 0 Å². The van der Waals surface area contributed by atoms with Crippen molar-refractivity contribution in [2.45, 2.75) is 31.6 Å². The van der Waals surface area contributed by atoms with Gasteiger partial charge < -0.3 is 21.7 Å². The molecule has 0 aliphatic carbocycles. The number of anilines is 7. The molecule has 0 radical (unpaired) electrons. The van der Waals surface area contributed by atoms with Gasteiger partial charge in [-0.1, -0.05) is 35.9 Å². The van der Waals surface area contributed by atoms with E-state index in [1.807, 2.05) is 11.4 Å². The molecule has 0 atom stereocenters. The summed E-state index contributed by atoms with van der Waals surface area (Å²) in [6.07, 6.45) is -11.7. The van der Waals surface area contributed by atoms with E-state index in [0.717, 1.165) is 48.5 Å². The Balaban J connectivity index is 0.000000190. The largest absolute Gasteiger partial charge is 0.433 e. The van der Waals surface area contributed by atoms with Gasteiger partial charge in [0.2, 0.25) is 24.8 Å². The standard InChI is InChI=1S/C14H10F3N4OS.C10H8F3N3S.C9H5BrF3N3S.C6H5F3N2.C5H5BrNO.C3HBrClNS/c15-14(16,17)11-4-1-5-12(19-11)20-13-18-10(8-23-13)9-3-2-6-21(22)7-9;1-6-5-17-9(14-6)16-8-4-2-3-7(15-8)10(11,12)13;10-6-4-17-8(15-6)16-7-3-1-2-5(14-7)9(11,12)13;7-6(8,9)4-2-1-3-5(10)11-4;6-5-2-1-3-7(8)4-5;4-2-1-7-3(5)6-2/h1-8,22H,(H,18,19,20);2-5H,1H3,(H,14,15,16);1-4H,(H,14,15,16);1-3H,(H2,10,11);1-4,8H;1H/q+1;;;;+1;. The Hall–Kier alpha value is -6.89. The summed E-state index contributed by atoms with van der Waals surface area (Å²) in [6.45, 7) is 1.81. The summed E-state index contributed by atoms with van der Waals surface area (Å²) in [5, 5.41) is 34.8. The number of rotatable bonds is 7. The molecule has 10 heterocycles. The number of halogens is 16. The second kappa shape index (κ2) is 30.6. The first-order valence-corrected chi connectivity index (χ1v) is 28.2. The van der Waals surface area contributed by atoms with Gasteiger partial charge in [0.15, 0.2) is 19.9 Å². The number of hydrogen-bond acceptors (Lipinski definition) is 18. The van der Waals surface area contributed by atoms with E-state index in [-0.39, 0.29) is 23.3 Å². The van der Waals surface area contributed by atoms with Gasteiger partial charge in [-0.05, 0) is 115 Å². The van der Waals surface area contributed by atoms with Crippen molar-refractivity contribution in [1.29, 1.82) is 0 Å². The Bertz CT molecular complexity index is 3520. The maximum absolute atomic E-state index is 12.6. The van der Waals surface area contributed by atoms with Crippen molar-refractivity contribution in [2.75, 3.05) is 21.7 Å². The highest BCUT2D eigenvalue weighted by Crippen LogP contribution is 2.33. The summed E-state index contributed by atoms with van der Waals surface area (Å²) in [7, 11) is 0. The fourth-order valence-electron chi connectivity index (χ4n) is 5.40. The van der Waals surface area contributed by atoms with Crippen LogP contribution < -0.4 is 31.1 Å². The normalized spacial score (nSPS) is 11.1. The van der Waals surface area contributed by atoms with Crippen LogP contribution in [-0.2, 0) is 24.7 Å². The Kier molecular flexibility index (Phi) is 24.7. The number of nitrogens with zero attached hydrogens (tertiary/aromatic N) is 10. The molecule has 0 unspecified atom stereocenters. The van der Waals surface area contributed by atoms with Gasteiger partial charge in [-0.25, -0.2) is 39.9 Å². The van der Waals surface area contributed by atoms with Crippen LogP contribution in [0.15, 0.2) is 157 Å². The molecule has 10 rings (SSSR count). The monoisotopic (exact) mass is 1450 g/mol. The van der Waals surface area contributed by atoms with Gasteiger partial charge in [0.1, 0.15) is 55.3 Å². The van der Waals surface area contributed by atoms with Crippen LogP contribution in [-0.4, -0.2) is 50.3 Å². The van der Waals surface area contributed by atoms with E-state index in [0.29, 0.717) is 35.7 Å².